The van der Waals surface area contributed by atoms with Gasteiger partial charge in [-0.05, 0) is 63.6 Å². The Morgan fingerprint density at radius 2 is 1.92 bits per heavy atom. The Morgan fingerprint density at radius 1 is 1.15 bits per heavy atom. The van der Waals surface area contributed by atoms with E-state index in [9.17, 15) is 9.59 Å². The van der Waals surface area contributed by atoms with Crippen LogP contribution in [0.3, 0.4) is 0 Å². The van der Waals surface area contributed by atoms with Crippen molar-refractivity contribution in [3.63, 3.8) is 0 Å². The lowest BCUT2D eigenvalue weighted by molar-refractivity contribution is -0.139. The number of anilines is 1. The van der Waals surface area contributed by atoms with Crippen LogP contribution in [-0.4, -0.2) is 44.1 Å². The zero-order valence-corrected chi connectivity index (χ0v) is 23.5. The molecule has 0 saturated heterocycles. The van der Waals surface area contributed by atoms with Gasteiger partial charge in [-0.15, -0.1) is 0 Å². The summed E-state index contributed by atoms with van der Waals surface area (Å²) in [5.74, 6) is 1.33. The first-order chi connectivity index (χ1) is 18.9. The van der Waals surface area contributed by atoms with E-state index in [4.69, 9.17) is 18.9 Å². The average Bonchev–Trinajstić information content (AvgIpc) is 3.52. The Balaban J connectivity index is 1.67. The Hall–Kier alpha value is -4.05. The third kappa shape index (κ3) is 4.80. The van der Waals surface area contributed by atoms with Gasteiger partial charge in [0.2, 0.25) is 6.79 Å². The summed E-state index contributed by atoms with van der Waals surface area (Å²) in [4.78, 5) is 34.4. The molecule has 0 radical (unpaired) electrons. The molecule has 0 amide bonds. The number of rotatable bonds is 8. The molecule has 0 saturated carbocycles. The second-order valence-corrected chi connectivity index (χ2v) is 10.0. The second kappa shape index (κ2) is 11.0. The van der Waals surface area contributed by atoms with Crippen LogP contribution in [0.5, 0.6) is 17.2 Å². The zero-order chi connectivity index (χ0) is 27.7. The number of hydrogen-bond donors (Lipinski definition) is 0. The van der Waals surface area contributed by atoms with Crippen molar-refractivity contribution in [1.82, 2.24) is 4.57 Å². The number of carbonyl (C=O) groups excluding carboxylic acids is 1. The molecule has 3 aromatic rings. The van der Waals surface area contributed by atoms with Gasteiger partial charge in [0.15, 0.2) is 16.3 Å². The van der Waals surface area contributed by atoms with Gasteiger partial charge in [0.25, 0.3) is 5.56 Å². The van der Waals surface area contributed by atoms with Crippen molar-refractivity contribution in [2.24, 2.45) is 4.99 Å². The summed E-state index contributed by atoms with van der Waals surface area (Å²) in [5, 5.41) is 0. The molecule has 5 rings (SSSR count). The summed E-state index contributed by atoms with van der Waals surface area (Å²) in [6, 6.07) is 10.7. The summed E-state index contributed by atoms with van der Waals surface area (Å²) in [5.41, 5.74) is 3.09. The summed E-state index contributed by atoms with van der Waals surface area (Å²) in [6.07, 6.45) is 1.81. The first-order valence-electron chi connectivity index (χ1n) is 12.9. The Bertz CT molecular complexity index is 1630. The van der Waals surface area contributed by atoms with E-state index in [1.165, 1.54) is 11.3 Å². The van der Waals surface area contributed by atoms with E-state index in [2.05, 4.69) is 23.7 Å². The Kier molecular flexibility index (Phi) is 7.47. The maximum Gasteiger partial charge on any atom is 0.338 e. The number of ether oxygens (including phenoxy) is 4. The number of allylic oxidation sites excluding steroid dienone is 1. The van der Waals surface area contributed by atoms with Gasteiger partial charge < -0.3 is 23.8 Å². The SMILES string of the molecule is CCOC(=O)C1=C(C)N=c2s/c(=C\c3ccc(N(CC)CC)cc3OC)c(=O)n2[C@H]1c1ccc2c(c1)OCO2. The number of aromatic nitrogens is 1. The van der Waals surface area contributed by atoms with E-state index in [1.54, 1.807) is 37.7 Å². The van der Waals surface area contributed by atoms with Crippen LogP contribution >= 0.6 is 11.3 Å². The quantitative estimate of drug-likeness (QED) is 0.398. The monoisotopic (exact) mass is 549 g/mol. The van der Waals surface area contributed by atoms with Gasteiger partial charge >= 0.3 is 5.97 Å². The van der Waals surface area contributed by atoms with Crippen molar-refractivity contribution >= 4 is 29.1 Å². The molecule has 2 aliphatic rings. The number of nitrogens with zero attached hydrogens (tertiary/aromatic N) is 3. The van der Waals surface area contributed by atoms with Crippen LogP contribution in [0.15, 0.2) is 57.5 Å². The molecule has 39 heavy (non-hydrogen) atoms. The van der Waals surface area contributed by atoms with Crippen LogP contribution in [0.1, 0.15) is 44.9 Å². The predicted octanol–water partition coefficient (Wildman–Crippen LogP) is 3.38. The maximum absolute atomic E-state index is 13.9. The van der Waals surface area contributed by atoms with Crippen molar-refractivity contribution in [3.05, 3.63) is 78.5 Å². The van der Waals surface area contributed by atoms with Crippen LogP contribution in [-0.2, 0) is 9.53 Å². The van der Waals surface area contributed by atoms with E-state index in [0.29, 0.717) is 43.4 Å². The summed E-state index contributed by atoms with van der Waals surface area (Å²) in [6.45, 7) is 9.80. The lowest BCUT2D eigenvalue weighted by atomic mass is 9.95. The second-order valence-electron chi connectivity index (χ2n) is 9.01. The van der Waals surface area contributed by atoms with Crippen LogP contribution in [0.2, 0.25) is 0 Å². The normalized spacial score (nSPS) is 16.1. The smallest absolute Gasteiger partial charge is 0.338 e. The maximum atomic E-state index is 13.9. The molecule has 1 atom stereocenters. The molecule has 0 N–H and O–H groups in total. The van der Waals surface area contributed by atoms with Crippen LogP contribution in [0.25, 0.3) is 6.08 Å². The van der Waals surface area contributed by atoms with Crippen LogP contribution in [0.4, 0.5) is 5.69 Å². The Labute approximate surface area is 230 Å². The van der Waals surface area contributed by atoms with Gasteiger partial charge in [-0.25, -0.2) is 9.79 Å². The summed E-state index contributed by atoms with van der Waals surface area (Å²) in [7, 11) is 1.62. The number of hydrogen-bond acceptors (Lipinski definition) is 9. The topological polar surface area (TPSA) is 91.6 Å². The van der Waals surface area contributed by atoms with Crippen molar-refractivity contribution in [2.75, 3.05) is 38.5 Å². The van der Waals surface area contributed by atoms with Crippen molar-refractivity contribution < 1.29 is 23.7 Å². The highest BCUT2D eigenvalue weighted by Gasteiger charge is 2.34. The molecule has 2 aliphatic heterocycles. The molecule has 9 nitrogen and oxygen atoms in total. The molecular formula is C29H31N3O6S. The number of benzene rings is 2. The molecule has 3 heterocycles. The molecule has 10 heteroatoms. The number of methoxy groups -OCH3 is 1. The first kappa shape index (κ1) is 26.6. The minimum atomic E-state index is -0.733. The highest BCUT2D eigenvalue weighted by molar-refractivity contribution is 7.07. The molecule has 204 valence electrons. The first-order valence-corrected chi connectivity index (χ1v) is 13.7. The largest absolute Gasteiger partial charge is 0.496 e. The van der Waals surface area contributed by atoms with Gasteiger partial charge in [-0.3, -0.25) is 9.36 Å². The zero-order valence-electron chi connectivity index (χ0n) is 22.6. The fourth-order valence-corrected chi connectivity index (χ4v) is 5.97. The van der Waals surface area contributed by atoms with E-state index < -0.39 is 12.0 Å². The van der Waals surface area contributed by atoms with Gasteiger partial charge in [0.05, 0.1) is 35.6 Å². The van der Waals surface area contributed by atoms with E-state index >= 15 is 0 Å². The third-order valence-corrected chi connectivity index (χ3v) is 7.84. The molecule has 0 fully saturated rings. The minimum absolute atomic E-state index is 0.121. The average molecular weight is 550 g/mol. The summed E-state index contributed by atoms with van der Waals surface area (Å²) < 4.78 is 24.2. The van der Waals surface area contributed by atoms with Gasteiger partial charge in [-0.1, -0.05) is 17.4 Å². The van der Waals surface area contributed by atoms with Crippen molar-refractivity contribution in [2.45, 2.75) is 33.7 Å². The standard InChI is InChI=1S/C29H31N3O6S/c1-6-31(7-2)20-11-9-18(22(15-20)35-5)14-24-27(33)32-26(19-10-12-21-23(13-19)38-16-37-21)25(28(34)36-8-3)17(4)30-29(32)39-24/h9-15,26H,6-8,16H2,1-5H3/b24-14-/t26-/m0/s1. The van der Waals surface area contributed by atoms with E-state index in [-0.39, 0.29) is 19.0 Å². The molecule has 0 spiro atoms. The molecule has 1 aromatic heterocycles. The number of esters is 1. The Morgan fingerprint density at radius 3 is 2.64 bits per heavy atom. The third-order valence-electron chi connectivity index (χ3n) is 6.86. The van der Waals surface area contributed by atoms with Crippen LogP contribution in [0, 0.1) is 0 Å². The highest BCUT2D eigenvalue weighted by Crippen LogP contribution is 2.38. The predicted molar refractivity (Wildman–Crippen MR) is 150 cm³/mol. The number of fused-ring (bicyclic) bond motifs is 2. The molecule has 0 unspecified atom stereocenters. The van der Waals surface area contributed by atoms with Crippen molar-refractivity contribution in [1.29, 1.82) is 0 Å². The van der Waals surface area contributed by atoms with Crippen molar-refractivity contribution in [3.8, 4) is 17.2 Å². The minimum Gasteiger partial charge on any atom is -0.496 e. The fourth-order valence-electron chi connectivity index (χ4n) is 4.94. The molecule has 0 bridgehead atoms. The highest BCUT2D eigenvalue weighted by atomic mass is 32.1. The summed E-state index contributed by atoms with van der Waals surface area (Å²) >= 11 is 1.27. The molecular weight excluding hydrogens is 518 g/mol. The van der Waals surface area contributed by atoms with Gasteiger partial charge in [0, 0.05) is 30.4 Å². The lowest BCUT2D eigenvalue weighted by Gasteiger charge is -2.24. The number of thiazole rings is 1. The van der Waals surface area contributed by atoms with Gasteiger partial charge in [0.1, 0.15) is 5.75 Å². The molecule has 0 aliphatic carbocycles. The van der Waals surface area contributed by atoms with Gasteiger partial charge in [-0.2, -0.15) is 0 Å². The fraction of sp³-hybridized carbons (Fsp3) is 0.345. The number of carbonyl (C=O) groups is 1. The lowest BCUT2D eigenvalue weighted by Crippen LogP contribution is -2.39. The molecule has 2 aromatic carbocycles. The van der Waals surface area contributed by atoms with E-state index in [1.807, 2.05) is 30.3 Å². The van der Waals surface area contributed by atoms with E-state index in [0.717, 1.165) is 24.3 Å². The van der Waals surface area contributed by atoms with Crippen LogP contribution < -0.4 is 34.0 Å².